The molecular weight excluding hydrogens is 162 g/mol. The van der Waals surface area contributed by atoms with Gasteiger partial charge in [-0.1, -0.05) is 13.3 Å². The van der Waals surface area contributed by atoms with Crippen LogP contribution < -0.4 is 0 Å². The van der Waals surface area contributed by atoms with Crippen LogP contribution in [0.25, 0.3) is 0 Å². The Kier molecular flexibility index (Phi) is 4.20. The van der Waals surface area contributed by atoms with Crippen molar-refractivity contribution in [1.29, 1.82) is 0 Å². The molecule has 1 fully saturated rings. The van der Waals surface area contributed by atoms with Gasteiger partial charge in [0.05, 0.1) is 6.10 Å². The minimum Gasteiger partial charge on any atom is -0.392 e. The number of hydrogen-bond donors (Lipinski definition) is 1. The van der Waals surface area contributed by atoms with Gasteiger partial charge < -0.3 is 5.11 Å². The first-order valence-electron chi connectivity index (χ1n) is 5.55. The molecule has 0 bridgehead atoms. The molecule has 1 rings (SSSR count). The summed E-state index contributed by atoms with van der Waals surface area (Å²) in [6, 6.07) is 0.664. The van der Waals surface area contributed by atoms with Crippen molar-refractivity contribution in [3.63, 3.8) is 0 Å². The molecule has 2 heteroatoms. The molecule has 1 heterocycles. The monoisotopic (exact) mass is 185 g/mol. The van der Waals surface area contributed by atoms with Crippen molar-refractivity contribution >= 4 is 0 Å². The molecule has 0 aromatic carbocycles. The van der Waals surface area contributed by atoms with Crippen LogP contribution in [0, 0.1) is 5.92 Å². The standard InChI is InChI=1S/C11H23NO/c1-4-11-6-5-9(2)12(8-11)7-10(3)13/h9-11,13H,4-8H2,1-3H3/t9?,10-,11?/m0/s1. The van der Waals surface area contributed by atoms with Crippen LogP contribution in [0.3, 0.4) is 0 Å². The maximum absolute atomic E-state index is 9.34. The summed E-state index contributed by atoms with van der Waals surface area (Å²) < 4.78 is 0. The van der Waals surface area contributed by atoms with E-state index in [2.05, 4.69) is 18.7 Å². The fraction of sp³-hybridized carbons (Fsp3) is 1.00. The Hall–Kier alpha value is -0.0800. The second-order valence-corrected chi connectivity index (χ2v) is 4.50. The predicted molar refractivity (Wildman–Crippen MR) is 55.7 cm³/mol. The second-order valence-electron chi connectivity index (χ2n) is 4.50. The summed E-state index contributed by atoms with van der Waals surface area (Å²) >= 11 is 0. The summed E-state index contributed by atoms with van der Waals surface area (Å²) in [5.41, 5.74) is 0. The summed E-state index contributed by atoms with van der Waals surface area (Å²) in [5, 5.41) is 9.34. The lowest BCUT2D eigenvalue weighted by atomic mass is 9.91. The van der Waals surface area contributed by atoms with Gasteiger partial charge in [0.1, 0.15) is 0 Å². The number of rotatable bonds is 3. The van der Waals surface area contributed by atoms with Gasteiger partial charge in [0, 0.05) is 19.1 Å². The van der Waals surface area contributed by atoms with E-state index in [4.69, 9.17) is 0 Å². The lowest BCUT2D eigenvalue weighted by Gasteiger charge is -2.38. The fourth-order valence-electron chi connectivity index (χ4n) is 2.19. The number of β-amino-alcohol motifs (C(OH)–C–C–N with tert-alkyl or cyclic N) is 1. The number of aliphatic hydroxyl groups excluding tert-OH is 1. The first-order chi connectivity index (χ1) is 6.13. The summed E-state index contributed by atoms with van der Waals surface area (Å²) in [4.78, 5) is 2.43. The van der Waals surface area contributed by atoms with Crippen LogP contribution >= 0.6 is 0 Å². The molecule has 2 unspecified atom stereocenters. The lowest BCUT2D eigenvalue weighted by molar-refractivity contribution is 0.0606. The molecule has 1 aliphatic rings. The van der Waals surface area contributed by atoms with E-state index in [0.29, 0.717) is 6.04 Å². The molecule has 0 saturated carbocycles. The van der Waals surface area contributed by atoms with E-state index in [-0.39, 0.29) is 6.10 Å². The first kappa shape index (κ1) is 11.0. The minimum atomic E-state index is -0.182. The topological polar surface area (TPSA) is 23.5 Å². The summed E-state index contributed by atoms with van der Waals surface area (Å²) in [5.74, 6) is 0.856. The maximum atomic E-state index is 9.34. The van der Waals surface area contributed by atoms with Gasteiger partial charge in [-0.2, -0.15) is 0 Å². The van der Waals surface area contributed by atoms with E-state index in [1.54, 1.807) is 0 Å². The van der Waals surface area contributed by atoms with Gasteiger partial charge in [-0.25, -0.2) is 0 Å². The third kappa shape index (κ3) is 3.28. The first-order valence-corrected chi connectivity index (χ1v) is 5.55. The van der Waals surface area contributed by atoms with E-state index >= 15 is 0 Å². The molecule has 0 aliphatic carbocycles. The van der Waals surface area contributed by atoms with Crippen molar-refractivity contribution in [3.8, 4) is 0 Å². The Morgan fingerprint density at radius 2 is 2.15 bits per heavy atom. The summed E-state index contributed by atoms with van der Waals surface area (Å²) in [7, 11) is 0. The van der Waals surface area contributed by atoms with Gasteiger partial charge in [0.25, 0.3) is 0 Å². The van der Waals surface area contributed by atoms with Crippen molar-refractivity contribution in [3.05, 3.63) is 0 Å². The zero-order valence-corrected chi connectivity index (χ0v) is 9.16. The van der Waals surface area contributed by atoms with E-state index in [1.165, 1.54) is 25.8 Å². The second kappa shape index (κ2) is 4.97. The van der Waals surface area contributed by atoms with Crippen molar-refractivity contribution in [1.82, 2.24) is 4.90 Å². The molecule has 1 N–H and O–H groups in total. The quantitative estimate of drug-likeness (QED) is 0.725. The molecule has 13 heavy (non-hydrogen) atoms. The third-order valence-corrected chi connectivity index (χ3v) is 3.18. The van der Waals surface area contributed by atoms with Crippen LogP contribution in [0.1, 0.15) is 40.0 Å². The summed E-state index contributed by atoms with van der Waals surface area (Å²) in [6.07, 6.45) is 3.76. The molecule has 1 aliphatic heterocycles. The van der Waals surface area contributed by atoms with E-state index in [9.17, 15) is 5.11 Å². The van der Waals surface area contributed by atoms with Crippen molar-refractivity contribution in [2.75, 3.05) is 13.1 Å². The van der Waals surface area contributed by atoms with Crippen LogP contribution in [-0.2, 0) is 0 Å². The molecule has 0 spiro atoms. The minimum absolute atomic E-state index is 0.182. The smallest absolute Gasteiger partial charge is 0.0639 e. The van der Waals surface area contributed by atoms with Crippen LogP contribution in [0.4, 0.5) is 0 Å². The third-order valence-electron chi connectivity index (χ3n) is 3.18. The molecule has 0 amide bonds. The van der Waals surface area contributed by atoms with Crippen LogP contribution in [0.5, 0.6) is 0 Å². The zero-order valence-electron chi connectivity index (χ0n) is 9.16. The van der Waals surface area contributed by atoms with E-state index < -0.39 is 0 Å². The number of aliphatic hydroxyl groups is 1. The Morgan fingerprint density at radius 1 is 1.46 bits per heavy atom. The van der Waals surface area contributed by atoms with Gasteiger partial charge in [0.2, 0.25) is 0 Å². The molecule has 3 atom stereocenters. The molecule has 0 aromatic rings. The number of piperidine rings is 1. The Balaban J connectivity index is 2.40. The van der Waals surface area contributed by atoms with Crippen molar-refractivity contribution in [2.45, 2.75) is 52.2 Å². The largest absolute Gasteiger partial charge is 0.392 e. The lowest BCUT2D eigenvalue weighted by Crippen LogP contribution is -2.44. The highest BCUT2D eigenvalue weighted by Gasteiger charge is 2.24. The van der Waals surface area contributed by atoms with Crippen molar-refractivity contribution < 1.29 is 5.11 Å². The molecule has 0 radical (unpaired) electrons. The molecule has 1 saturated heterocycles. The zero-order chi connectivity index (χ0) is 9.84. The predicted octanol–water partition coefficient (Wildman–Crippen LogP) is 1.88. The normalized spacial score (nSPS) is 33.2. The van der Waals surface area contributed by atoms with Crippen molar-refractivity contribution in [2.24, 2.45) is 5.92 Å². The van der Waals surface area contributed by atoms with E-state index in [1.807, 2.05) is 6.92 Å². The molecule has 78 valence electrons. The Bertz CT molecular complexity index is 147. The number of nitrogens with zero attached hydrogens (tertiary/aromatic N) is 1. The number of hydrogen-bond acceptors (Lipinski definition) is 2. The van der Waals surface area contributed by atoms with Gasteiger partial charge >= 0.3 is 0 Å². The highest BCUT2D eigenvalue weighted by Crippen LogP contribution is 2.23. The van der Waals surface area contributed by atoms with Gasteiger partial charge in [-0.3, -0.25) is 4.90 Å². The SMILES string of the molecule is CCC1CCC(C)N(C[C@H](C)O)C1. The van der Waals surface area contributed by atoms with Crippen LogP contribution in [-0.4, -0.2) is 35.2 Å². The van der Waals surface area contributed by atoms with Crippen LogP contribution in [0.2, 0.25) is 0 Å². The average Bonchev–Trinajstić information content (AvgIpc) is 2.08. The Labute approximate surface area is 81.9 Å². The number of likely N-dealkylation sites (tertiary alicyclic amines) is 1. The maximum Gasteiger partial charge on any atom is 0.0639 e. The highest BCUT2D eigenvalue weighted by atomic mass is 16.3. The summed E-state index contributed by atoms with van der Waals surface area (Å²) in [6.45, 7) is 8.44. The average molecular weight is 185 g/mol. The van der Waals surface area contributed by atoms with Crippen LogP contribution in [0.15, 0.2) is 0 Å². The molecule has 0 aromatic heterocycles. The van der Waals surface area contributed by atoms with Gasteiger partial charge in [-0.15, -0.1) is 0 Å². The molecular formula is C11H23NO. The highest BCUT2D eigenvalue weighted by molar-refractivity contribution is 4.79. The van der Waals surface area contributed by atoms with Gasteiger partial charge in [-0.05, 0) is 32.6 Å². The Morgan fingerprint density at radius 3 is 2.69 bits per heavy atom. The van der Waals surface area contributed by atoms with E-state index in [0.717, 1.165) is 12.5 Å². The van der Waals surface area contributed by atoms with Gasteiger partial charge in [0.15, 0.2) is 0 Å². The molecule has 2 nitrogen and oxygen atoms in total. The fourth-order valence-corrected chi connectivity index (χ4v) is 2.19.